The van der Waals surface area contributed by atoms with E-state index in [1.807, 2.05) is 0 Å². The van der Waals surface area contributed by atoms with Gasteiger partial charge in [-0.2, -0.15) is 0 Å². The van der Waals surface area contributed by atoms with Gasteiger partial charge in [0.15, 0.2) is 22.5 Å². The Morgan fingerprint density at radius 3 is 2.58 bits per heavy atom. The lowest BCUT2D eigenvalue weighted by Gasteiger charge is -2.32. The summed E-state index contributed by atoms with van der Waals surface area (Å²) in [6, 6.07) is 9.76. The number of hydrogen-bond acceptors (Lipinski definition) is 7. The molecule has 0 unspecified atom stereocenters. The number of halogens is 1. The lowest BCUT2D eigenvalue weighted by molar-refractivity contribution is -0.151. The van der Waals surface area contributed by atoms with Gasteiger partial charge < -0.3 is 28.5 Å². The average molecular weight is 475 g/mol. The van der Waals surface area contributed by atoms with Crippen molar-refractivity contribution < 1.29 is 33.3 Å². The largest absolute Gasteiger partial charge is 0.493 e. The minimum atomic E-state index is -0.790. The summed E-state index contributed by atoms with van der Waals surface area (Å²) in [4.78, 5) is 23.5. The third kappa shape index (κ3) is 4.77. The maximum atomic E-state index is 12.6. The molecule has 1 N–H and O–H groups in total. The Morgan fingerprint density at radius 1 is 1.12 bits per heavy atom. The van der Waals surface area contributed by atoms with Gasteiger partial charge in [-0.25, -0.2) is 0 Å². The second-order valence-electron chi connectivity index (χ2n) is 7.65. The number of methoxy groups -OCH3 is 2. The van der Waals surface area contributed by atoms with E-state index in [0.29, 0.717) is 57.4 Å². The number of carboxylic acids is 1. The number of aliphatic carboxylic acids is 1. The van der Waals surface area contributed by atoms with Crippen LogP contribution in [0.15, 0.2) is 45.6 Å². The van der Waals surface area contributed by atoms with Crippen molar-refractivity contribution in [1.82, 2.24) is 0 Å². The number of fused-ring (bicyclic) bond motifs is 1. The average Bonchev–Trinajstić information content (AvgIpc) is 2.77. The summed E-state index contributed by atoms with van der Waals surface area (Å²) in [6.45, 7) is 0.498. The molecule has 0 bridgehead atoms. The van der Waals surface area contributed by atoms with E-state index < -0.39 is 5.97 Å². The Kier molecular flexibility index (Phi) is 6.76. The number of ether oxygens (including phenoxy) is 4. The van der Waals surface area contributed by atoms with E-state index >= 15 is 0 Å². The summed E-state index contributed by atoms with van der Waals surface area (Å²) >= 11 is 6.23. The monoisotopic (exact) mass is 474 g/mol. The van der Waals surface area contributed by atoms with Crippen LogP contribution in [0.2, 0.25) is 5.02 Å². The Bertz CT molecular complexity index is 1230. The van der Waals surface area contributed by atoms with Gasteiger partial charge >= 0.3 is 5.97 Å². The standard InChI is InChI=1S/C24H23ClO8/c1-29-20-10-13(19-12-18(26)16-4-3-5-17(25)22(16)33-19)11-21(23(20)30-2)32-7-6-31-15-8-14(9-15)24(27)28/h3-5,10-12,14-15H,6-9H2,1-2H3,(H,27,28). The first kappa shape index (κ1) is 22.9. The van der Waals surface area contributed by atoms with Crippen molar-refractivity contribution in [3.63, 3.8) is 0 Å². The molecule has 174 valence electrons. The lowest BCUT2D eigenvalue weighted by Crippen LogP contribution is -2.37. The molecule has 0 radical (unpaired) electrons. The molecule has 1 aromatic heterocycles. The first-order valence-corrected chi connectivity index (χ1v) is 10.7. The first-order valence-electron chi connectivity index (χ1n) is 10.4. The predicted octanol–water partition coefficient (Wildman–Crippen LogP) is 4.39. The molecule has 1 aliphatic rings. The highest BCUT2D eigenvalue weighted by atomic mass is 35.5. The van der Waals surface area contributed by atoms with Crippen molar-refractivity contribution in [3.05, 3.63) is 51.6 Å². The molecule has 0 spiro atoms. The predicted molar refractivity (Wildman–Crippen MR) is 122 cm³/mol. The van der Waals surface area contributed by atoms with E-state index in [0.717, 1.165) is 0 Å². The highest BCUT2D eigenvalue weighted by molar-refractivity contribution is 6.34. The molecule has 0 saturated heterocycles. The molecule has 1 fully saturated rings. The maximum Gasteiger partial charge on any atom is 0.306 e. The normalized spacial score (nSPS) is 17.4. The molecule has 9 heteroatoms. The Hall–Kier alpha value is -3.23. The van der Waals surface area contributed by atoms with Crippen molar-refractivity contribution >= 4 is 28.5 Å². The van der Waals surface area contributed by atoms with E-state index in [1.165, 1.54) is 20.3 Å². The molecule has 33 heavy (non-hydrogen) atoms. The van der Waals surface area contributed by atoms with Crippen molar-refractivity contribution in [2.75, 3.05) is 27.4 Å². The quantitative estimate of drug-likeness (QED) is 0.455. The van der Waals surface area contributed by atoms with Crippen LogP contribution in [-0.4, -0.2) is 44.6 Å². The van der Waals surface area contributed by atoms with E-state index in [4.69, 9.17) is 40.1 Å². The zero-order valence-electron chi connectivity index (χ0n) is 18.1. The van der Waals surface area contributed by atoms with Crippen LogP contribution in [0.1, 0.15) is 12.8 Å². The van der Waals surface area contributed by atoms with E-state index in [9.17, 15) is 9.59 Å². The van der Waals surface area contributed by atoms with Crippen LogP contribution in [0.5, 0.6) is 17.2 Å². The van der Waals surface area contributed by atoms with Gasteiger partial charge in [-0.15, -0.1) is 0 Å². The molecule has 8 nitrogen and oxygen atoms in total. The SMILES string of the molecule is COc1cc(-c2cc(=O)c3cccc(Cl)c3o2)cc(OCCOC2CC(C(=O)O)C2)c1OC. The smallest absolute Gasteiger partial charge is 0.306 e. The summed E-state index contributed by atoms with van der Waals surface area (Å²) in [6.07, 6.45) is 0.936. The highest BCUT2D eigenvalue weighted by Gasteiger charge is 2.35. The molecule has 3 aromatic rings. The van der Waals surface area contributed by atoms with Crippen LogP contribution >= 0.6 is 11.6 Å². The zero-order valence-corrected chi connectivity index (χ0v) is 18.9. The van der Waals surface area contributed by atoms with Gasteiger partial charge in [-0.05, 0) is 37.1 Å². The molecule has 1 heterocycles. The fourth-order valence-corrected chi connectivity index (χ4v) is 3.95. The lowest BCUT2D eigenvalue weighted by atomic mass is 9.82. The number of hydrogen-bond donors (Lipinski definition) is 1. The molecule has 0 amide bonds. The molecule has 0 atom stereocenters. The van der Waals surface area contributed by atoms with Crippen LogP contribution in [0.3, 0.4) is 0 Å². The van der Waals surface area contributed by atoms with Crippen LogP contribution in [0, 0.1) is 5.92 Å². The number of carbonyl (C=O) groups is 1. The van der Waals surface area contributed by atoms with Crippen LogP contribution in [0.25, 0.3) is 22.3 Å². The maximum absolute atomic E-state index is 12.6. The Labute approximate surface area is 194 Å². The van der Waals surface area contributed by atoms with Crippen molar-refractivity contribution in [3.8, 4) is 28.6 Å². The molecular formula is C24H23ClO8. The summed E-state index contributed by atoms with van der Waals surface area (Å²) in [7, 11) is 2.99. The van der Waals surface area contributed by atoms with Gasteiger partial charge in [-0.3, -0.25) is 9.59 Å². The third-order valence-corrected chi connectivity index (χ3v) is 5.87. The number of carboxylic acid groups (broad SMARTS) is 1. The molecule has 4 rings (SSSR count). The highest BCUT2D eigenvalue weighted by Crippen LogP contribution is 2.42. The second kappa shape index (κ2) is 9.72. The third-order valence-electron chi connectivity index (χ3n) is 5.57. The second-order valence-corrected chi connectivity index (χ2v) is 8.06. The topological polar surface area (TPSA) is 104 Å². The van der Waals surface area contributed by atoms with Gasteiger partial charge in [0.2, 0.25) is 5.75 Å². The van der Waals surface area contributed by atoms with E-state index in [2.05, 4.69) is 0 Å². The minimum Gasteiger partial charge on any atom is -0.493 e. The summed E-state index contributed by atoms with van der Waals surface area (Å²) in [5.41, 5.74) is 0.623. The van der Waals surface area contributed by atoms with Crippen LogP contribution in [0.4, 0.5) is 0 Å². The summed E-state index contributed by atoms with van der Waals surface area (Å²) in [5, 5.41) is 9.67. The fraction of sp³-hybridized carbons (Fsp3) is 0.333. The number of benzene rings is 2. The molecule has 0 aliphatic heterocycles. The molecular weight excluding hydrogens is 452 g/mol. The zero-order chi connectivity index (χ0) is 23.5. The number of para-hydroxylation sites is 1. The van der Waals surface area contributed by atoms with Gasteiger partial charge in [0.25, 0.3) is 0 Å². The van der Waals surface area contributed by atoms with Gasteiger partial charge in [0, 0.05) is 11.6 Å². The van der Waals surface area contributed by atoms with E-state index in [1.54, 1.807) is 30.3 Å². The number of rotatable bonds is 9. The first-order chi connectivity index (χ1) is 15.9. The molecule has 1 aliphatic carbocycles. The molecule has 2 aromatic carbocycles. The fourth-order valence-electron chi connectivity index (χ4n) is 3.73. The summed E-state index contributed by atoms with van der Waals surface area (Å²) in [5.74, 6) is 0.350. The van der Waals surface area contributed by atoms with Crippen molar-refractivity contribution in [2.24, 2.45) is 5.92 Å². The van der Waals surface area contributed by atoms with Crippen molar-refractivity contribution in [2.45, 2.75) is 18.9 Å². The van der Waals surface area contributed by atoms with Crippen LogP contribution in [-0.2, 0) is 9.53 Å². The summed E-state index contributed by atoms with van der Waals surface area (Å²) < 4.78 is 28.4. The van der Waals surface area contributed by atoms with Crippen molar-refractivity contribution in [1.29, 1.82) is 0 Å². The van der Waals surface area contributed by atoms with Gasteiger partial charge in [0.05, 0.1) is 43.3 Å². The van der Waals surface area contributed by atoms with Gasteiger partial charge in [0.1, 0.15) is 12.4 Å². The Balaban J connectivity index is 1.56. The van der Waals surface area contributed by atoms with Gasteiger partial charge in [-0.1, -0.05) is 17.7 Å². The molecule has 1 saturated carbocycles. The Morgan fingerprint density at radius 2 is 1.88 bits per heavy atom. The van der Waals surface area contributed by atoms with E-state index in [-0.39, 0.29) is 30.7 Å². The van der Waals surface area contributed by atoms with Crippen LogP contribution < -0.4 is 19.6 Å². The minimum absolute atomic E-state index is 0.0749.